The molecule has 1 rings (SSSR count). The minimum Gasteiger partial charge on any atom is -0.464 e. The van der Waals surface area contributed by atoms with Crippen molar-refractivity contribution in [3.05, 3.63) is 33.9 Å². The van der Waals surface area contributed by atoms with Crippen molar-refractivity contribution in [1.82, 2.24) is 0 Å². The Labute approximate surface area is 105 Å². The lowest BCUT2D eigenvalue weighted by Gasteiger charge is -2.15. The highest BCUT2D eigenvalue weighted by Crippen LogP contribution is 2.21. The van der Waals surface area contributed by atoms with Gasteiger partial charge in [0.25, 0.3) is 5.69 Å². The number of carbonyl (C=O) groups is 1. The normalized spacial score (nSPS) is 11.7. The van der Waals surface area contributed by atoms with Gasteiger partial charge in [-0.05, 0) is 32.4 Å². The number of hydrogen-bond donors (Lipinski definition) is 1. The topological polar surface area (TPSA) is 81.5 Å². The van der Waals surface area contributed by atoms with Gasteiger partial charge in [0.1, 0.15) is 6.04 Å². The molecule has 0 aliphatic heterocycles. The second-order valence-corrected chi connectivity index (χ2v) is 3.87. The Kier molecular flexibility index (Phi) is 4.65. The third-order valence-electron chi connectivity index (χ3n) is 2.43. The molecule has 1 aromatic rings. The van der Waals surface area contributed by atoms with Crippen molar-refractivity contribution in [3.8, 4) is 0 Å². The van der Waals surface area contributed by atoms with E-state index in [4.69, 9.17) is 4.74 Å². The van der Waals surface area contributed by atoms with E-state index in [9.17, 15) is 14.9 Å². The molecule has 0 fully saturated rings. The van der Waals surface area contributed by atoms with Gasteiger partial charge in [0.05, 0.1) is 11.5 Å². The summed E-state index contributed by atoms with van der Waals surface area (Å²) in [7, 11) is 0. The molecule has 0 amide bonds. The standard InChI is InChI=1S/C12H16N2O4/c1-4-18-12(15)9(3)13-11-6-5-10(14(16)17)7-8(11)2/h5-7,9,13H,4H2,1-3H3. The number of ether oxygens (including phenoxy) is 1. The molecule has 18 heavy (non-hydrogen) atoms. The van der Waals surface area contributed by atoms with Crippen molar-refractivity contribution >= 4 is 17.3 Å². The fourth-order valence-electron chi connectivity index (χ4n) is 1.48. The van der Waals surface area contributed by atoms with E-state index in [1.807, 2.05) is 0 Å². The summed E-state index contributed by atoms with van der Waals surface area (Å²) in [6.45, 7) is 5.48. The van der Waals surface area contributed by atoms with Gasteiger partial charge in [-0.1, -0.05) is 0 Å². The van der Waals surface area contributed by atoms with E-state index in [1.54, 1.807) is 26.8 Å². The van der Waals surface area contributed by atoms with Crippen LogP contribution in [-0.4, -0.2) is 23.5 Å². The number of carbonyl (C=O) groups excluding carboxylic acids is 1. The van der Waals surface area contributed by atoms with Crippen molar-refractivity contribution in [2.45, 2.75) is 26.8 Å². The van der Waals surface area contributed by atoms with Crippen LogP contribution in [0, 0.1) is 17.0 Å². The highest BCUT2D eigenvalue weighted by atomic mass is 16.6. The zero-order valence-electron chi connectivity index (χ0n) is 10.6. The van der Waals surface area contributed by atoms with Gasteiger partial charge in [0.2, 0.25) is 0 Å². The summed E-state index contributed by atoms with van der Waals surface area (Å²) in [6.07, 6.45) is 0. The smallest absolute Gasteiger partial charge is 0.328 e. The van der Waals surface area contributed by atoms with Crippen molar-refractivity contribution in [2.24, 2.45) is 0 Å². The van der Waals surface area contributed by atoms with E-state index in [0.717, 1.165) is 0 Å². The van der Waals surface area contributed by atoms with E-state index in [1.165, 1.54) is 12.1 Å². The maximum absolute atomic E-state index is 11.4. The van der Waals surface area contributed by atoms with Gasteiger partial charge in [-0.2, -0.15) is 0 Å². The molecule has 6 nitrogen and oxygen atoms in total. The molecular formula is C12H16N2O4. The Bertz CT molecular complexity index is 459. The van der Waals surface area contributed by atoms with E-state index in [-0.39, 0.29) is 11.7 Å². The maximum Gasteiger partial charge on any atom is 0.328 e. The number of esters is 1. The second-order valence-electron chi connectivity index (χ2n) is 3.87. The lowest BCUT2D eigenvalue weighted by Crippen LogP contribution is -2.28. The molecule has 1 unspecified atom stereocenters. The third-order valence-corrected chi connectivity index (χ3v) is 2.43. The van der Waals surface area contributed by atoms with Crippen molar-refractivity contribution in [1.29, 1.82) is 0 Å². The minimum atomic E-state index is -0.495. The van der Waals surface area contributed by atoms with Gasteiger partial charge in [-0.25, -0.2) is 4.79 Å². The van der Waals surface area contributed by atoms with Crippen LogP contribution in [0.3, 0.4) is 0 Å². The van der Waals surface area contributed by atoms with Crippen LogP contribution >= 0.6 is 0 Å². The zero-order chi connectivity index (χ0) is 13.7. The number of nitrogens with one attached hydrogen (secondary N) is 1. The fraction of sp³-hybridized carbons (Fsp3) is 0.417. The lowest BCUT2D eigenvalue weighted by molar-refractivity contribution is -0.384. The van der Waals surface area contributed by atoms with Crippen molar-refractivity contribution < 1.29 is 14.5 Å². The fourth-order valence-corrected chi connectivity index (χ4v) is 1.48. The van der Waals surface area contributed by atoms with Gasteiger partial charge < -0.3 is 10.1 Å². The number of nitro benzene ring substituents is 1. The van der Waals surface area contributed by atoms with Crippen molar-refractivity contribution in [2.75, 3.05) is 11.9 Å². The average Bonchev–Trinajstić information content (AvgIpc) is 2.31. The molecule has 1 atom stereocenters. The van der Waals surface area contributed by atoms with Crippen LogP contribution < -0.4 is 5.32 Å². The number of benzene rings is 1. The maximum atomic E-state index is 11.4. The van der Waals surface area contributed by atoms with E-state index in [2.05, 4.69) is 5.32 Å². The molecule has 0 radical (unpaired) electrons. The minimum absolute atomic E-state index is 0.0295. The molecule has 0 aliphatic carbocycles. The van der Waals surface area contributed by atoms with Gasteiger partial charge in [-0.3, -0.25) is 10.1 Å². The molecule has 0 bridgehead atoms. The summed E-state index contributed by atoms with van der Waals surface area (Å²) in [5.74, 6) is -0.352. The third kappa shape index (κ3) is 3.44. The van der Waals surface area contributed by atoms with Crippen molar-refractivity contribution in [3.63, 3.8) is 0 Å². The van der Waals surface area contributed by atoms with Crippen LogP contribution in [0.25, 0.3) is 0 Å². The summed E-state index contributed by atoms with van der Waals surface area (Å²) < 4.78 is 4.87. The van der Waals surface area contributed by atoms with Crippen LogP contribution in [0.1, 0.15) is 19.4 Å². The Balaban J connectivity index is 2.79. The number of hydrogen-bond acceptors (Lipinski definition) is 5. The predicted molar refractivity (Wildman–Crippen MR) is 67.6 cm³/mol. The monoisotopic (exact) mass is 252 g/mol. The Morgan fingerprint density at radius 1 is 1.56 bits per heavy atom. The van der Waals surface area contributed by atoms with E-state index < -0.39 is 11.0 Å². The van der Waals surface area contributed by atoms with Crippen LogP contribution in [0.4, 0.5) is 11.4 Å². The first-order valence-corrected chi connectivity index (χ1v) is 5.64. The highest BCUT2D eigenvalue weighted by molar-refractivity contribution is 5.79. The van der Waals surface area contributed by atoms with Gasteiger partial charge >= 0.3 is 5.97 Å². The van der Waals surface area contributed by atoms with Gasteiger partial charge in [-0.15, -0.1) is 0 Å². The first kappa shape index (κ1) is 14.0. The number of nitrogens with zero attached hydrogens (tertiary/aromatic N) is 1. The van der Waals surface area contributed by atoms with Gasteiger partial charge in [0.15, 0.2) is 0 Å². The molecular weight excluding hydrogens is 236 g/mol. The molecule has 0 saturated heterocycles. The summed E-state index contributed by atoms with van der Waals surface area (Å²) in [4.78, 5) is 21.6. The molecule has 1 N–H and O–H groups in total. The predicted octanol–water partition coefficient (Wildman–Crippen LogP) is 2.27. The van der Waals surface area contributed by atoms with Gasteiger partial charge in [0, 0.05) is 17.8 Å². The SMILES string of the molecule is CCOC(=O)C(C)Nc1ccc([N+](=O)[O-])cc1C. The first-order chi connectivity index (χ1) is 8.45. The Hall–Kier alpha value is -2.11. The molecule has 0 spiro atoms. The molecule has 0 aromatic heterocycles. The summed E-state index contributed by atoms with van der Waals surface area (Å²) >= 11 is 0. The number of non-ortho nitro benzene ring substituents is 1. The van der Waals surface area contributed by atoms with E-state index >= 15 is 0 Å². The quantitative estimate of drug-likeness (QED) is 0.494. The van der Waals surface area contributed by atoms with Crippen LogP contribution in [0.2, 0.25) is 0 Å². The largest absolute Gasteiger partial charge is 0.464 e. The molecule has 0 saturated carbocycles. The molecule has 0 aliphatic rings. The molecule has 1 aromatic carbocycles. The Morgan fingerprint density at radius 3 is 2.72 bits per heavy atom. The number of aryl methyl sites for hydroxylation is 1. The van der Waals surface area contributed by atoms with Crippen LogP contribution in [0.15, 0.2) is 18.2 Å². The summed E-state index contributed by atoms with van der Waals surface area (Å²) in [5, 5.41) is 13.6. The zero-order valence-corrected chi connectivity index (χ0v) is 10.6. The highest BCUT2D eigenvalue weighted by Gasteiger charge is 2.15. The Morgan fingerprint density at radius 2 is 2.22 bits per heavy atom. The average molecular weight is 252 g/mol. The number of anilines is 1. The molecule has 0 heterocycles. The number of rotatable bonds is 5. The summed E-state index contributed by atoms with van der Waals surface area (Å²) in [5.41, 5.74) is 1.42. The molecule has 6 heteroatoms. The first-order valence-electron chi connectivity index (χ1n) is 5.64. The summed E-state index contributed by atoms with van der Waals surface area (Å²) in [6, 6.07) is 3.95. The van der Waals surface area contributed by atoms with Crippen LogP contribution in [-0.2, 0) is 9.53 Å². The second kappa shape index (κ2) is 6.00. The van der Waals surface area contributed by atoms with Crippen LogP contribution in [0.5, 0.6) is 0 Å². The van der Waals surface area contributed by atoms with E-state index in [0.29, 0.717) is 17.9 Å². The molecule has 98 valence electrons. The lowest BCUT2D eigenvalue weighted by atomic mass is 10.1. The number of nitro groups is 1.